The average molecular weight is 227 g/mol. The van der Waals surface area contributed by atoms with Crippen molar-refractivity contribution >= 4 is 17.5 Å². The molecule has 0 saturated heterocycles. The molecule has 5 nitrogen and oxygen atoms in total. The molecule has 3 N–H and O–H groups in total. The minimum absolute atomic E-state index is 0.123. The van der Waals surface area contributed by atoms with Gasteiger partial charge in [0.1, 0.15) is 6.04 Å². The Hall–Kier alpha value is -1.49. The van der Waals surface area contributed by atoms with Crippen molar-refractivity contribution in [3.8, 4) is 0 Å². The van der Waals surface area contributed by atoms with Crippen molar-refractivity contribution in [2.45, 2.75) is 38.6 Å². The zero-order valence-corrected chi connectivity index (χ0v) is 9.36. The first-order chi connectivity index (χ1) is 7.36. The Morgan fingerprint density at radius 1 is 1.31 bits per heavy atom. The van der Waals surface area contributed by atoms with Gasteiger partial charge in [-0.2, -0.15) is 0 Å². The van der Waals surface area contributed by atoms with E-state index in [9.17, 15) is 14.4 Å². The molecule has 0 aromatic rings. The van der Waals surface area contributed by atoms with Crippen LogP contribution in [-0.2, 0) is 14.4 Å². The number of aliphatic carboxylic acids is 1. The summed E-state index contributed by atoms with van der Waals surface area (Å²) < 4.78 is 0. The first kappa shape index (κ1) is 14.5. The van der Waals surface area contributed by atoms with Gasteiger partial charge in [0.05, 0.1) is 0 Å². The van der Waals surface area contributed by atoms with Crippen molar-refractivity contribution in [2.75, 3.05) is 0 Å². The normalized spacial score (nSPS) is 11.9. The third kappa shape index (κ3) is 5.41. The molecule has 0 bridgehead atoms. The van der Waals surface area contributed by atoms with E-state index in [1.165, 1.54) is 6.92 Å². The minimum Gasteiger partial charge on any atom is -0.480 e. The molecule has 0 spiro atoms. The second kappa shape index (κ2) is 6.90. The van der Waals surface area contributed by atoms with Crippen LogP contribution < -0.4 is 5.73 Å². The molecule has 0 heterocycles. The number of carboxylic acids is 1. The topological polar surface area (TPSA) is 97.5 Å². The Bertz CT molecular complexity index is 309. The molecule has 0 amide bonds. The van der Waals surface area contributed by atoms with Gasteiger partial charge in [0, 0.05) is 6.42 Å². The number of nitrogens with two attached hydrogens (primary N) is 1. The van der Waals surface area contributed by atoms with Crippen LogP contribution in [0.15, 0.2) is 12.2 Å². The number of carbonyl (C=O) groups excluding carboxylic acids is 2. The summed E-state index contributed by atoms with van der Waals surface area (Å²) in [6.45, 7) is 4.87. The summed E-state index contributed by atoms with van der Waals surface area (Å²) in [5.41, 5.74) is 5.50. The van der Waals surface area contributed by atoms with Gasteiger partial charge in [-0.05, 0) is 25.3 Å². The Kier molecular flexibility index (Phi) is 6.25. The van der Waals surface area contributed by atoms with Crippen molar-refractivity contribution in [3.63, 3.8) is 0 Å². The molecule has 16 heavy (non-hydrogen) atoms. The van der Waals surface area contributed by atoms with E-state index >= 15 is 0 Å². The highest BCUT2D eigenvalue weighted by atomic mass is 16.4. The molecule has 0 aromatic heterocycles. The second-order valence-corrected chi connectivity index (χ2v) is 3.72. The number of hydrogen-bond acceptors (Lipinski definition) is 4. The smallest absolute Gasteiger partial charge is 0.320 e. The van der Waals surface area contributed by atoms with E-state index in [-0.39, 0.29) is 12.0 Å². The molecular weight excluding hydrogens is 210 g/mol. The van der Waals surface area contributed by atoms with Gasteiger partial charge in [-0.25, -0.2) is 0 Å². The fraction of sp³-hybridized carbons (Fsp3) is 0.545. The summed E-state index contributed by atoms with van der Waals surface area (Å²) >= 11 is 0. The van der Waals surface area contributed by atoms with Crippen LogP contribution in [0.4, 0.5) is 0 Å². The van der Waals surface area contributed by atoms with Crippen molar-refractivity contribution in [1.29, 1.82) is 0 Å². The molecule has 0 fully saturated rings. The molecule has 0 aliphatic heterocycles. The van der Waals surface area contributed by atoms with E-state index in [0.29, 0.717) is 19.3 Å². The SMILES string of the molecule is C=C(C)C(=O)C(=O)CCCCC(N)C(=O)O. The molecule has 0 radical (unpaired) electrons. The Morgan fingerprint density at radius 2 is 1.88 bits per heavy atom. The number of carbonyl (C=O) groups is 3. The summed E-state index contributed by atoms with van der Waals surface area (Å²) in [6.07, 6.45) is 1.42. The Labute approximate surface area is 94.3 Å². The van der Waals surface area contributed by atoms with Gasteiger partial charge in [0.2, 0.25) is 11.6 Å². The van der Waals surface area contributed by atoms with Crippen LogP contribution in [-0.4, -0.2) is 28.7 Å². The van der Waals surface area contributed by atoms with Gasteiger partial charge in [-0.1, -0.05) is 13.0 Å². The summed E-state index contributed by atoms with van der Waals surface area (Å²) in [6, 6.07) is -0.896. The molecule has 5 heteroatoms. The number of hydrogen-bond donors (Lipinski definition) is 2. The zero-order chi connectivity index (χ0) is 12.7. The maximum absolute atomic E-state index is 11.2. The summed E-state index contributed by atoms with van der Waals surface area (Å²) in [7, 11) is 0. The number of rotatable bonds is 8. The fourth-order valence-electron chi connectivity index (χ4n) is 1.12. The standard InChI is InChI=1S/C11H17NO4/c1-7(2)10(14)9(13)6-4-3-5-8(12)11(15)16/h8H,1,3-6,12H2,2H3,(H,15,16). The van der Waals surface area contributed by atoms with E-state index < -0.39 is 23.6 Å². The van der Waals surface area contributed by atoms with Crippen molar-refractivity contribution in [1.82, 2.24) is 0 Å². The van der Waals surface area contributed by atoms with Gasteiger partial charge in [-0.15, -0.1) is 0 Å². The van der Waals surface area contributed by atoms with Crippen LogP contribution in [0.1, 0.15) is 32.6 Å². The lowest BCUT2D eigenvalue weighted by Gasteiger charge is -2.05. The summed E-state index contributed by atoms with van der Waals surface area (Å²) in [5.74, 6) is -2.08. The van der Waals surface area contributed by atoms with Gasteiger partial charge < -0.3 is 10.8 Å². The lowest BCUT2D eigenvalue weighted by Crippen LogP contribution is -2.29. The highest BCUT2D eigenvalue weighted by Crippen LogP contribution is 2.05. The molecule has 1 unspecified atom stereocenters. The van der Waals surface area contributed by atoms with Gasteiger partial charge in [0.15, 0.2) is 0 Å². The van der Waals surface area contributed by atoms with Crippen molar-refractivity contribution in [3.05, 3.63) is 12.2 Å². The largest absolute Gasteiger partial charge is 0.480 e. The van der Waals surface area contributed by atoms with Gasteiger partial charge >= 0.3 is 5.97 Å². The summed E-state index contributed by atoms with van der Waals surface area (Å²) in [4.78, 5) is 32.7. The van der Waals surface area contributed by atoms with Gasteiger partial charge in [-0.3, -0.25) is 14.4 Å². The highest BCUT2D eigenvalue weighted by Gasteiger charge is 2.15. The van der Waals surface area contributed by atoms with Crippen LogP contribution in [0.3, 0.4) is 0 Å². The fourth-order valence-corrected chi connectivity index (χ4v) is 1.12. The van der Waals surface area contributed by atoms with E-state index in [4.69, 9.17) is 10.8 Å². The quantitative estimate of drug-likeness (QED) is 0.361. The van der Waals surface area contributed by atoms with Gasteiger partial charge in [0.25, 0.3) is 0 Å². The van der Waals surface area contributed by atoms with E-state index in [0.717, 1.165) is 0 Å². The molecule has 90 valence electrons. The molecule has 0 saturated carbocycles. The van der Waals surface area contributed by atoms with Crippen LogP contribution >= 0.6 is 0 Å². The van der Waals surface area contributed by atoms with E-state index in [2.05, 4.69) is 6.58 Å². The molecule has 1 atom stereocenters. The predicted molar refractivity (Wildman–Crippen MR) is 58.9 cm³/mol. The predicted octanol–water partition coefficient (Wildman–Crippen LogP) is 0.673. The van der Waals surface area contributed by atoms with Crippen LogP contribution in [0, 0.1) is 0 Å². The molecular formula is C11H17NO4. The third-order valence-electron chi connectivity index (χ3n) is 2.13. The number of ketones is 2. The number of allylic oxidation sites excluding steroid dienone is 1. The molecule has 0 rings (SSSR count). The first-order valence-electron chi connectivity index (χ1n) is 5.07. The van der Waals surface area contributed by atoms with Crippen LogP contribution in [0.5, 0.6) is 0 Å². The zero-order valence-electron chi connectivity index (χ0n) is 9.36. The minimum atomic E-state index is -1.05. The molecule has 0 aliphatic carbocycles. The summed E-state index contributed by atoms with van der Waals surface area (Å²) in [5, 5.41) is 8.49. The van der Waals surface area contributed by atoms with Crippen LogP contribution in [0.2, 0.25) is 0 Å². The molecule has 0 aliphatic rings. The highest BCUT2D eigenvalue weighted by molar-refractivity contribution is 6.43. The van der Waals surface area contributed by atoms with Crippen molar-refractivity contribution in [2.24, 2.45) is 5.73 Å². The lowest BCUT2D eigenvalue weighted by molar-refractivity contribution is -0.138. The average Bonchev–Trinajstić information content (AvgIpc) is 2.22. The number of Topliss-reactive ketones (excluding diaryl/α,β-unsaturated/α-hetero) is 2. The van der Waals surface area contributed by atoms with E-state index in [1.807, 2.05) is 0 Å². The molecule has 0 aromatic carbocycles. The second-order valence-electron chi connectivity index (χ2n) is 3.72. The maximum atomic E-state index is 11.2. The number of unbranched alkanes of at least 4 members (excludes halogenated alkanes) is 1. The van der Waals surface area contributed by atoms with Crippen LogP contribution in [0.25, 0.3) is 0 Å². The van der Waals surface area contributed by atoms with Crippen molar-refractivity contribution < 1.29 is 19.5 Å². The number of carboxylic acid groups (broad SMARTS) is 1. The lowest BCUT2D eigenvalue weighted by atomic mass is 10.0. The maximum Gasteiger partial charge on any atom is 0.320 e. The Morgan fingerprint density at radius 3 is 2.31 bits per heavy atom. The third-order valence-corrected chi connectivity index (χ3v) is 2.13. The van der Waals surface area contributed by atoms with E-state index in [1.54, 1.807) is 0 Å². The Balaban J connectivity index is 3.75. The monoisotopic (exact) mass is 227 g/mol. The first-order valence-corrected chi connectivity index (χ1v) is 5.07.